The summed E-state index contributed by atoms with van der Waals surface area (Å²) in [6, 6.07) is 3.95. The minimum Gasteiger partial charge on any atom is -0.308 e. The largest absolute Gasteiger partial charge is 0.308 e. The molecule has 0 spiro atoms. The van der Waals surface area contributed by atoms with Crippen molar-refractivity contribution in [2.75, 3.05) is 6.54 Å². The average Bonchev–Trinajstić information content (AvgIpc) is 2.85. The fourth-order valence-electron chi connectivity index (χ4n) is 2.57. The van der Waals surface area contributed by atoms with Crippen molar-refractivity contribution >= 4 is 0 Å². The van der Waals surface area contributed by atoms with Crippen LogP contribution < -0.4 is 5.32 Å². The van der Waals surface area contributed by atoms with Gasteiger partial charge in [0, 0.05) is 18.7 Å². The topological polar surface area (TPSA) is 42.7 Å². The van der Waals surface area contributed by atoms with Crippen molar-refractivity contribution in [1.29, 1.82) is 0 Å². The summed E-state index contributed by atoms with van der Waals surface area (Å²) in [6.45, 7) is 5.75. The van der Waals surface area contributed by atoms with Gasteiger partial charge in [-0.15, -0.1) is 10.2 Å². The molecule has 20 heavy (non-hydrogen) atoms. The Morgan fingerprint density at radius 1 is 1.25 bits per heavy atom. The van der Waals surface area contributed by atoms with Gasteiger partial charge >= 0.3 is 0 Å². The van der Waals surface area contributed by atoms with Crippen LogP contribution in [0.25, 0.3) is 11.4 Å². The molecule has 4 nitrogen and oxygen atoms in total. The van der Waals surface area contributed by atoms with E-state index >= 15 is 0 Å². The van der Waals surface area contributed by atoms with Crippen LogP contribution in [-0.4, -0.2) is 21.3 Å². The van der Waals surface area contributed by atoms with E-state index in [0.29, 0.717) is 17.3 Å². The fourth-order valence-corrected chi connectivity index (χ4v) is 2.57. The van der Waals surface area contributed by atoms with E-state index in [0.717, 1.165) is 25.0 Å². The molecular formula is C14H16F2N4. The number of benzene rings is 1. The lowest BCUT2D eigenvalue weighted by Crippen LogP contribution is -2.36. The van der Waals surface area contributed by atoms with Crippen molar-refractivity contribution in [2.24, 2.45) is 5.92 Å². The van der Waals surface area contributed by atoms with E-state index in [1.165, 1.54) is 12.1 Å². The Kier molecular flexibility index (Phi) is 3.25. The van der Waals surface area contributed by atoms with Crippen molar-refractivity contribution in [1.82, 2.24) is 20.1 Å². The molecule has 0 radical (unpaired) electrons. The van der Waals surface area contributed by atoms with Crippen LogP contribution in [-0.2, 0) is 6.54 Å². The molecule has 106 valence electrons. The van der Waals surface area contributed by atoms with Gasteiger partial charge in [0.25, 0.3) is 0 Å². The molecule has 0 saturated heterocycles. The molecule has 0 saturated carbocycles. The van der Waals surface area contributed by atoms with Gasteiger partial charge in [-0.1, -0.05) is 13.8 Å². The predicted molar refractivity (Wildman–Crippen MR) is 71.0 cm³/mol. The van der Waals surface area contributed by atoms with Crippen LogP contribution in [0.1, 0.15) is 25.7 Å². The first-order valence-corrected chi connectivity index (χ1v) is 6.70. The second kappa shape index (κ2) is 4.94. The zero-order chi connectivity index (χ0) is 14.3. The molecule has 1 atom stereocenters. The highest BCUT2D eigenvalue weighted by Crippen LogP contribution is 2.28. The molecule has 1 unspecified atom stereocenters. The van der Waals surface area contributed by atoms with Gasteiger partial charge in [0.2, 0.25) is 0 Å². The molecule has 1 aromatic heterocycles. The molecule has 1 aliphatic heterocycles. The first kappa shape index (κ1) is 13.2. The van der Waals surface area contributed by atoms with Crippen LogP contribution >= 0.6 is 0 Å². The average molecular weight is 278 g/mol. The number of rotatable bonds is 2. The van der Waals surface area contributed by atoms with Crippen molar-refractivity contribution in [2.45, 2.75) is 26.4 Å². The summed E-state index contributed by atoms with van der Waals surface area (Å²) in [6.07, 6.45) is 0. The molecular weight excluding hydrogens is 262 g/mol. The summed E-state index contributed by atoms with van der Waals surface area (Å²) in [5.74, 6) is 0.108. The molecule has 0 amide bonds. The Balaban J connectivity index is 2.06. The molecule has 0 bridgehead atoms. The molecule has 0 aliphatic carbocycles. The fraction of sp³-hybridized carbons (Fsp3) is 0.429. The number of nitrogens with zero attached hydrogens (tertiary/aromatic N) is 3. The molecule has 2 aromatic rings. The summed E-state index contributed by atoms with van der Waals surface area (Å²) >= 11 is 0. The first-order valence-electron chi connectivity index (χ1n) is 6.70. The monoisotopic (exact) mass is 278 g/mol. The lowest BCUT2D eigenvalue weighted by atomic mass is 10.0. The summed E-state index contributed by atoms with van der Waals surface area (Å²) < 4.78 is 28.4. The number of hydrogen-bond acceptors (Lipinski definition) is 3. The zero-order valence-electron chi connectivity index (χ0n) is 11.4. The third kappa shape index (κ3) is 2.10. The van der Waals surface area contributed by atoms with Crippen molar-refractivity contribution in [3.63, 3.8) is 0 Å². The van der Waals surface area contributed by atoms with Gasteiger partial charge < -0.3 is 9.88 Å². The molecule has 0 fully saturated rings. The Labute approximate surface area is 115 Å². The van der Waals surface area contributed by atoms with Crippen LogP contribution in [0.3, 0.4) is 0 Å². The maximum absolute atomic E-state index is 13.4. The van der Waals surface area contributed by atoms with Crippen LogP contribution in [0.4, 0.5) is 8.78 Å². The lowest BCUT2D eigenvalue weighted by Gasteiger charge is -2.27. The van der Waals surface area contributed by atoms with Crippen molar-refractivity contribution in [3.8, 4) is 11.4 Å². The Hall–Kier alpha value is -1.82. The highest BCUT2D eigenvalue weighted by Gasteiger charge is 2.27. The maximum Gasteiger partial charge on any atom is 0.164 e. The quantitative estimate of drug-likeness (QED) is 0.918. The van der Waals surface area contributed by atoms with E-state index in [9.17, 15) is 8.78 Å². The number of aromatic nitrogens is 3. The van der Waals surface area contributed by atoms with Gasteiger partial charge in [-0.05, 0) is 24.1 Å². The van der Waals surface area contributed by atoms with E-state index in [4.69, 9.17) is 0 Å². The summed E-state index contributed by atoms with van der Waals surface area (Å²) in [5.41, 5.74) is 0.548. The minimum absolute atomic E-state index is 0.135. The van der Waals surface area contributed by atoms with Gasteiger partial charge in [0.1, 0.15) is 0 Å². The highest BCUT2D eigenvalue weighted by molar-refractivity contribution is 5.55. The summed E-state index contributed by atoms with van der Waals surface area (Å²) in [7, 11) is 0. The molecule has 1 N–H and O–H groups in total. The van der Waals surface area contributed by atoms with Crippen LogP contribution in [0, 0.1) is 17.6 Å². The maximum atomic E-state index is 13.4. The van der Waals surface area contributed by atoms with E-state index in [1.54, 1.807) is 0 Å². The SMILES string of the molecule is CC(C)C1NCCn2c(-c3ccc(F)c(F)c3)nnc21. The van der Waals surface area contributed by atoms with Gasteiger partial charge in [0.05, 0.1) is 6.04 Å². The Bertz CT molecular complexity index is 636. The summed E-state index contributed by atoms with van der Waals surface area (Å²) in [4.78, 5) is 0. The molecule has 6 heteroatoms. The van der Waals surface area contributed by atoms with E-state index in [2.05, 4.69) is 29.4 Å². The van der Waals surface area contributed by atoms with Crippen LogP contribution in [0.5, 0.6) is 0 Å². The summed E-state index contributed by atoms with van der Waals surface area (Å²) in [5, 5.41) is 11.8. The third-order valence-corrected chi connectivity index (χ3v) is 3.60. The second-order valence-electron chi connectivity index (χ2n) is 5.34. The number of nitrogens with one attached hydrogen (secondary N) is 1. The number of fused-ring (bicyclic) bond motifs is 1. The van der Waals surface area contributed by atoms with Gasteiger partial charge in [-0.25, -0.2) is 8.78 Å². The van der Waals surface area contributed by atoms with Crippen LogP contribution in [0.2, 0.25) is 0 Å². The van der Waals surface area contributed by atoms with Crippen LogP contribution in [0.15, 0.2) is 18.2 Å². The molecule has 1 aliphatic rings. The van der Waals surface area contributed by atoms with Crippen molar-refractivity contribution in [3.05, 3.63) is 35.7 Å². The third-order valence-electron chi connectivity index (χ3n) is 3.60. The number of hydrogen-bond donors (Lipinski definition) is 1. The second-order valence-corrected chi connectivity index (χ2v) is 5.34. The minimum atomic E-state index is -0.866. The highest BCUT2D eigenvalue weighted by atomic mass is 19.2. The van der Waals surface area contributed by atoms with E-state index < -0.39 is 11.6 Å². The molecule has 3 rings (SSSR count). The smallest absolute Gasteiger partial charge is 0.164 e. The Morgan fingerprint density at radius 2 is 2.05 bits per heavy atom. The Morgan fingerprint density at radius 3 is 2.75 bits per heavy atom. The standard InChI is InChI=1S/C14H16F2N4/c1-8(2)12-14-19-18-13(20(14)6-5-17-12)9-3-4-10(15)11(16)7-9/h3-4,7-8,12,17H,5-6H2,1-2H3. The van der Waals surface area contributed by atoms with Gasteiger partial charge in [-0.3, -0.25) is 0 Å². The number of halogens is 2. The first-order chi connectivity index (χ1) is 9.58. The molecule has 1 aromatic carbocycles. The van der Waals surface area contributed by atoms with Gasteiger partial charge in [-0.2, -0.15) is 0 Å². The van der Waals surface area contributed by atoms with Gasteiger partial charge in [0.15, 0.2) is 23.3 Å². The molecule has 2 heterocycles. The normalized spacial score (nSPS) is 18.4. The van der Waals surface area contributed by atoms with E-state index in [1.807, 2.05) is 4.57 Å². The van der Waals surface area contributed by atoms with Crippen molar-refractivity contribution < 1.29 is 8.78 Å². The predicted octanol–water partition coefficient (Wildman–Crippen LogP) is 2.52. The van der Waals surface area contributed by atoms with E-state index in [-0.39, 0.29) is 6.04 Å². The zero-order valence-corrected chi connectivity index (χ0v) is 11.4. The lowest BCUT2D eigenvalue weighted by molar-refractivity contribution is 0.339.